The smallest absolute Gasteiger partial charge is 0.353 e. The van der Waals surface area contributed by atoms with Gasteiger partial charge in [0.05, 0.1) is 11.6 Å². The highest BCUT2D eigenvalue weighted by atomic mass is 19.4. The molecule has 1 atom stereocenters. The van der Waals surface area contributed by atoms with Crippen molar-refractivity contribution in [2.75, 3.05) is 24.5 Å². The molecule has 4 aromatic rings. The third kappa shape index (κ3) is 3.69. The molecule has 1 aliphatic heterocycles. The van der Waals surface area contributed by atoms with Gasteiger partial charge in [0.15, 0.2) is 5.65 Å². The van der Waals surface area contributed by atoms with E-state index in [9.17, 15) is 13.2 Å². The number of alkyl halides is 3. The summed E-state index contributed by atoms with van der Waals surface area (Å²) in [6.45, 7) is 4.00. The molecule has 0 radical (unpaired) electrons. The number of anilines is 1. The number of rotatable bonds is 3. The molecule has 1 saturated heterocycles. The van der Waals surface area contributed by atoms with Crippen molar-refractivity contribution in [3.63, 3.8) is 0 Å². The Morgan fingerprint density at radius 3 is 2.69 bits per heavy atom. The highest BCUT2D eigenvalue weighted by Crippen LogP contribution is 2.38. The Hall–Kier alpha value is -3.46. The molecule has 1 aromatic carbocycles. The fourth-order valence-corrected chi connectivity index (χ4v) is 4.21. The number of hydrogen-bond acceptors (Lipinski definition) is 5. The quantitative estimate of drug-likeness (QED) is 0.493. The van der Waals surface area contributed by atoms with Crippen molar-refractivity contribution in [3.05, 3.63) is 71.4 Å². The molecule has 1 aliphatic rings. The van der Waals surface area contributed by atoms with E-state index < -0.39 is 11.7 Å². The average Bonchev–Trinajstić information content (AvgIpc) is 3.23. The predicted octanol–water partition coefficient (Wildman–Crippen LogP) is 4.50. The summed E-state index contributed by atoms with van der Waals surface area (Å²) < 4.78 is 41.5. The molecule has 4 heterocycles. The number of piperazine rings is 1. The van der Waals surface area contributed by atoms with Crippen molar-refractivity contribution in [1.82, 2.24) is 25.5 Å². The SMILES string of the molecule is Cc1ccccc1C1CN(c2ccc(C(F)(F)F)c(-c3n[nH]c4ncccc34)n2)CCN1. The first-order valence-corrected chi connectivity index (χ1v) is 10.3. The summed E-state index contributed by atoms with van der Waals surface area (Å²) in [5.41, 5.74) is 1.90. The number of nitrogens with one attached hydrogen (secondary N) is 2. The van der Waals surface area contributed by atoms with Crippen molar-refractivity contribution in [2.45, 2.75) is 19.1 Å². The van der Waals surface area contributed by atoms with Crippen molar-refractivity contribution >= 4 is 16.9 Å². The van der Waals surface area contributed by atoms with Crippen LogP contribution >= 0.6 is 0 Å². The number of pyridine rings is 2. The van der Waals surface area contributed by atoms with Gasteiger partial charge in [-0.3, -0.25) is 5.10 Å². The van der Waals surface area contributed by atoms with Crippen LogP contribution in [0.3, 0.4) is 0 Å². The van der Waals surface area contributed by atoms with E-state index in [2.05, 4.69) is 44.5 Å². The molecule has 9 heteroatoms. The third-order valence-electron chi connectivity index (χ3n) is 5.81. The first-order valence-electron chi connectivity index (χ1n) is 10.3. The van der Waals surface area contributed by atoms with Gasteiger partial charge < -0.3 is 10.2 Å². The van der Waals surface area contributed by atoms with E-state index in [1.54, 1.807) is 18.3 Å². The van der Waals surface area contributed by atoms with Crippen LogP contribution in [0.1, 0.15) is 22.7 Å². The topological polar surface area (TPSA) is 69.7 Å². The number of aromatic amines is 1. The van der Waals surface area contributed by atoms with Crippen molar-refractivity contribution in [2.24, 2.45) is 0 Å². The van der Waals surface area contributed by atoms with E-state index in [4.69, 9.17) is 0 Å². The fraction of sp³-hybridized carbons (Fsp3) is 0.261. The number of nitrogens with zero attached hydrogens (tertiary/aromatic N) is 4. The van der Waals surface area contributed by atoms with Gasteiger partial charge in [0, 0.05) is 31.2 Å². The Morgan fingerprint density at radius 2 is 1.88 bits per heavy atom. The second-order valence-electron chi connectivity index (χ2n) is 7.84. The summed E-state index contributed by atoms with van der Waals surface area (Å²) in [6, 6.07) is 14.1. The highest BCUT2D eigenvalue weighted by Gasteiger charge is 2.36. The van der Waals surface area contributed by atoms with E-state index in [1.165, 1.54) is 17.2 Å². The lowest BCUT2D eigenvalue weighted by atomic mass is 9.99. The molecule has 5 rings (SSSR count). The Labute approximate surface area is 182 Å². The number of fused-ring (bicyclic) bond motifs is 1. The number of benzene rings is 1. The van der Waals surface area contributed by atoms with Gasteiger partial charge in [-0.25, -0.2) is 9.97 Å². The van der Waals surface area contributed by atoms with Crippen LogP contribution in [0.4, 0.5) is 19.0 Å². The minimum absolute atomic E-state index is 0.0629. The van der Waals surface area contributed by atoms with Gasteiger partial charge >= 0.3 is 6.18 Å². The molecule has 0 bridgehead atoms. The highest BCUT2D eigenvalue weighted by molar-refractivity contribution is 5.90. The molecule has 0 aliphatic carbocycles. The molecular weight excluding hydrogens is 417 g/mol. The van der Waals surface area contributed by atoms with Gasteiger partial charge in [0.1, 0.15) is 17.2 Å². The monoisotopic (exact) mass is 438 g/mol. The normalized spacial score (nSPS) is 17.1. The second kappa shape index (κ2) is 7.90. The van der Waals surface area contributed by atoms with E-state index in [0.29, 0.717) is 36.5 Å². The summed E-state index contributed by atoms with van der Waals surface area (Å²) in [6.07, 6.45) is -2.99. The standard InChI is InChI=1S/C23H21F3N6/c1-14-5-2-3-6-15(14)18-13-32(12-11-27-18)19-9-8-17(23(24,25)26)21(29-19)20-16-7-4-10-28-22(16)31-30-20/h2-10,18,27H,11-13H2,1H3,(H,28,30,31). The van der Waals surface area contributed by atoms with Crippen molar-refractivity contribution in [3.8, 4) is 11.4 Å². The fourth-order valence-electron chi connectivity index (χ4n) is 4.21. The maximum Gasteiger partial charge on any atom is 0.418 e. The van der Waals surface area contributed by atoms with Gasteiger partial charge in [-0.1, -0.05) is 24.3 Å². The summed E-state index contributed by atoms with van der Waals surface area (Å²) in [5, 5.41) is 10.8. The number of hydrogen-bond donors (Lipinski definition) is 2. The lowest BCUT2D eigenvalue weighted by Gasteiger charge is -2.35. The zero-order valence-electron chi connectivity index (χ0n) is 17.3. The molecule has 6 nitrogen and oxygen atoms in total. The summed E-state index contributed by atoms with van der Waals surface area (Å²) in [4.78, 5) is 10.6. The van der Waals surface area contributed by atoms with Gasteiger partial charge in [-0.05, 0) is 42.3 Å². The molecule has 0 spiro atoms. The van der Waals surface area contributed by atoms with Gasteiger partial charge in [0.25, 0.3) is 0 Å². The molecule has 1 unspecified atom stereocenters. The van der Waals surface area contributed by atoms with Crippen LogP contribution in [-0.2, 0) is 6.18 Å². The van der Waals surface area contributed by atoms with Gasteiger partial charge in [-0.15, -0.1) is 0 Å². The lowest BCUT2D eigenvalue weighted by molar-refractivity contribution is -0.137. The van der Waals surface area contributed by atoms with Gasteiger partial charge in [0.2, 0.25) is 0 Å². The molecule has 3 aromatic heterocycles. The van der Waals surface area contributed by atoms with Crippen LogP contribution < -0.4 is 10.2 Å². The summed E-state index contributed by atoms with van der Waals surface area (Å²) in [5.74, 6) is 0.494. The third-order valence-corrected chi connectivity index (χ3v) is 5.81. The molecular formula is C23H21F3N6. The predicted molar refractivity (Wildman–Crippen MR) is 116 cm³/mol. The number of halogens is 3. The first kappa shape index (κ1) is 20.4. The van der Waals surface area contributed by atoms with Crippen LogP contribution in [0.15, 0.2) is 54.7 Å². The molecule has 0 amide bonds. The Bertz CT molecular complexity index is 1270. The molecule has 0 saturated carbocycles. The van der Waals surface area contributed by atoms with E-state index >= 15 is 0 Å². The number of H-pyrrole nitrogens is 1. The Kier molecular flexibility index (Phi) is 5.05. The molecule has 2 N–H and O–H groups in total. The zero-order valence-corrected chi connectivity index (χ0v) is 17.3. The Morgan fingerprint density at radius 1 is 1.03 bits per heavy atom. The number of aromatic nitrogens is 4. The minimum atomic E-state index is -4.55. The molecule has 32 heavy (non-hydrogen) atoms. The van der Waals surface area contributed by atoms with Crippen molar-refractivity contribution in [1.29, 1.82) is 0 Å². The van der Waals surface area contributed by atoms with Crippen LogP contribution in [0.5, 0.6) is 0 Å². The summed E-state index contributed by atoms with van der Waals surface area (Å²) in [7, 11) is 0. The van der Waals surface area contributed by atoms with Crippen LogP contribution in [0, 0.1) is 6.92 Å². The second-order valence-corrected chi connectivity index (χ2v) is 7.84. The van der Waals surface area contributed by atoms with Crippen molar-refractivity contribution < 1.29 is 13.2 Å². The largest absolute Gasteiger partial charge is 0.418 e. The van der Waals surface area contributed by atoms with Crippen LogP contribution in [0.25, 0.3) is 22.4 Å². The first-order chi connectivity index (χ1) is 15.4. The average molecular weight is 438 g/mol. The lowest BCUT2D eigenvalue weighted by Crippen LogP contribution is -2.46. The Balaban J connectivity index is 1.56. The van der Waals surface area contributed by atoms with E-state index in [0.717, 1.165) is 6.07 Å². The zero-order chi connectivity index (χ0) is 22.3. The number of aryl methyl sites for hydroxylation is 1. The molecule has 164 valence electrons. The summed E-state index contributed by atoms with van der Waals surface area (Å²) >= 11 is 0. The minimum Gasteiger partial charge on any atom is -0.353 e. The van der Waals surface area contributed by atoms with Crippen LogP contribution in [-0.4, -0.2) is 39.8 Å². The van der Waals surface area contributed by atoms with Gasteiger partial charge in [-0.2, -0.15) is 18.3 Å². The van der Waals surface area contributed by atoms with E-state index in [1.807, 2.05) is 17.0 Å². The van der Waals surface area contributed by atoms with Crippen LogP contribution in [0.2, 0.25) is 0 Å². The van der Waals surface area contributed by atoms with E-state index in [-0.39, 0.29) is 17.4 Å². The maximum atomic E-state index is 13.8. The maximum absolute atomic E-state index is 13.8. The molecule has 1 fully saturated rings.